The van der Waals surface area contributed by atoms with Crippen LogP contribution in [-0.4, -0.2) is 31.0 Å². The van der Waals surface area contributed by atoms with Gasteiger partial charge in [-0.25, -0.2) is 0 Å². The molecule has 1 saturated heterocycles. The number of rotatable bonds is 0. The number of hydrogen-bond acceptors (Lipinski definition) is 3. The van der Waals surface area contributed by atoms with Crippen LogP contribution in [0.5, 0.6) is 0 Å². The number of carbonyl (C=O) groups excluding carboxylic acids is 1. The van der Waals surface area contributed by atoms with E-state index in [9.17, 15) is 4.79 Å². The maximum absolute atomic E-state index is 10.9. The van der Waals surface area contributed by atoms with Crippen molar-refractivity contribution in [1.29, 1.82) is 0 Å². The normalized spacial score (nSPS) is 22.9. The molecule has 0 aliphatic carbocycles. The summed E-state index contributed by atoms with van der Waals surface area (Å²) in [7, 11) is 3.79. The fraction of sp³-hybridized carbons (Fsp3) is 0.800. The van der Waals surface area contributed by atoms with E-state index in [0.717, 1.165) is 12.8 Å². The molecular weight excluding hydrogens is 349 g/mol. The van der Waals surface area contributed by atoms with E-state index < -0.39 is 21.8 Å². The molecule has 0 bridgehead atoms. The van der Waals surface area contributed by atoms with Crippen molar-refractivity contribution in [2.24, 2.45) is 0 Å². The number of hydrogen-bond donors (Lipinski definition) is 0. The Morgan fingerprint density at radius 3 is 3.22 bits per heavy atom. The Labute approximate surface area is 72.9 Å². The Hall–Kier alpha value is 1.25. The van der Waals surface area contributed by atoms with Gasteiger partial charge in [-0.1, -0.05) is 0 Å². The second kappa shape index (κ2) is 4.98. The van der Waals surface area contributed by atoms with Crippen molar-refractivity contribution in [3.8, 4) is 0 Å². The molecule has 0 spiro atoms. The molecule has 0 N–H and O–H groups in total. The molecule has 0 amide bonds. The molecule has 0 saturated carbocycles. The van der Waals surface area contributed by atoms with Crippen LogP contribution in [-0.2, 0) is 4.79 Å². The van der Waals surface area contributed by atoms with Gasteiger partial charge in [0.15, 0.2) is 0 Å². The van der Waals surface area contributed by atoms with Gasteiger partial charge >= 0.3 is 73.4 Å². The van der Waals surface area contributed by atoms with Crippen LogP contribution < -0.4 is 0 Å². The van der Waals surface area contributed by atoms with E-state index in [-0.39, 0.29) is 0 Å². The van der Waals surface area contributed by atoms with Crippen LogP contribution in [0.3, 0.4) is 0 Å². The van der Waals surface area contributed by atoms with E-state index in [1.54, 1.807) is 0 Å². The fourth-order valence-corrected chi connectivity index (χ4v) is 11.2. The van der Waals surface area contributed by atoms with Crippen molar-refractivity contribution in [2.45, 2.75) is 19.3 Å². The number of carbonyl (C=O) groups is 1. The molecule has 9 heavy (non-hydrogen) atoms. The zero-order valence-electron chi connectivity index (χ0n) is 5.00. The molecule has 1 nitrogen and oxygen atoms in total. The molecule has 4 heteroatoms. The van der Waals surface area contributed by atoms with Crippen molar-refractivity contribution in [3.05, 3.63) is 0 Å². The van der Waals surface area contributed by atoms with Gasteiger partial charge < -0.3 is 0 Å². The predicted octanol–water partition coefficient (Wildman–Crippen LogP) is 1.70. The van der Waals surface area contributed by atoms with Crippen LogP contribution in [0, 0.1) is 0 Å². The molecule has 51 valence electrons. The first kappa shape index (κ1) is 8.35. The van der Waals surface area contributed by atoms with Crippen molar-refractivity contribution in [2.75, 3.05) is 5.75 Å². The summed E-state index contributed by atoms with van der Waals surface area (Å²) in [5.74, 6) is 1.27. The zero-order chi connectivity index (χ0) is 6.53. The summed E-state index contributed by atoms with van der Waals surface area (Å²) >= 11 is -0.716. The minimum absolute atomic E-state index is 0.604. The molecule has 1 radical (unpaired) electrons. The first-order chi connectivity index (χ1) is 4.39. The summed E-state index contributed by atoms with van der Waals surface area (Å²) in [5.41, 5.74) is 0. The first-order valence-electron chi connectivity index (χ1n) is 2.92. The second-order valence-corrected chi connectivity index (χ2v) is 13.3. The van der Waals surface area contributed by atoms with Crippen molar-refractivity contribution >= 4 is 43.6 Å². The molecule has 1 rings (SSSR count). The standard InChI is InChI=1S/C5H9OS2.Bi/c6-4-2-1-3-5-8-7;/h7H,1-3,5H2;/q;+1/p-1. The van der Waals surface area contributed by atoms with Crippen molar-refractivity contribution in [1.82, 2.24) is 0 Å². The van der Waals surface area contributed by atoms with E-state index in [1.807, 2.05) is 18.3 Å². The Balaban J connectivity index is 2.20. The van der Waals surface area contributed by atoms with Gasteiger partial charge in [0.2, 0.25) is 0 Å². The Bertz CT molecular complexity index is 97.1. The van der Waals surface area contributed by atoms with Crippen LogP contribution >= 0.6 is 18.3 Å². The Morgan fingerprint density at radius 2 is 2.33 bits per heavy atom. The zero-order valence-corrected chi connectivity index (χ0v) is 10.1. The summed E-state index contributed by atoms with van der Waals surface area (Å²) in [6, 6.07) is 0. The average molecular weight is 357 g/mol. The first-order valence-corrected chi connectivity index (χ1v) is 11.2. The molecule has 1 heterocycles. The van der Waals surface area contributed by atoms with Crippen LogP contribution in [0.2, 0.25) is 0 Å². The van der Waals surface area contributed by atoms with Gasteiger partial charge in [0.1, 0.15) is 0 Å². The van der Waals surface area contributed by atoms with Crippen LogP contribution in [0.25, 0.3) is 0 Å². The summed E-state index contributed by atoms with van der Waals surface area (Å²) in [6.07, 6.45) is 3.28. The monoisotopic (exact) mass is 357 g/mol. The SMILES string of the molecule is O=[C]1CCCCS[S][Bi]1. The molecule has 1 aliphatic heterocycles. The van der Waals surface area contributed by atoms with Gasteiger partial charge in [0.25, 0.3) is 0 Å². The Kier molecular flexibility index (Phi) is 4.62. The van der Waals surface area contributed by atoms with E-state index in [0.29, 0.717) is 3.49 Å². The molecular formula is C5H8BiOS2. The van der Waals surface area contributed by atoms with Crippen LogP contribution in [0.4, 0.5) is 0 Å². The average Bonchev–Trinajstić information content (AvgIpc) is 1.79. The summed E-state index contributed by atoms with van der Waals surface area (Å²) in [4.78, 5) is 10.9. The van der Waals surface area contributed by atoms with Gasteiger partial charge in [-0.2, -0.15) is 0 Å². The Morgan fingerprint density at radius 1 is 1.44 bits per heavy atom. The maximum atomic E-state index is 10.9. The minimum atomic E-state index is -0.716. The van der Waals surface area contributed by atoms with Gasteiger partial charge in [0.05, 0.1) is 0 Å². The third-order valence-corrected chi connectivity index (χ3v) is 12.5. The molecule has 1 fully saturated rings. The predicted molar refractivity (Wildman–Crippen MR) is 44.7 cm³/mol. The molecule has 1 aliphatic rings. The van der Waals surface area contributed by atoms with Gasteiger partial charge in [-0.05, 0) is 0 Å². The molecule has 0 aromatic rings. The summed E-state index contributed by atoms with van der Waals surface area (Å²) in [6.45, 7) is 0. The second-order valence-electron chi connectivity index (χ2n) is 1.84. The molecule has 0 aromatic carbocycles. The van der Waals surface area contributed by atoms with E-state index in [1.165, 1.54) is 12.2 Å². The van der Waals surface area contributed by atoms with Gasteiger partial charge in [-0.3, -0.25) is 0 Å². The van der Waals surface area contributed by atoms with Crippen LogP contribution in [0.15, 0.2) is 0 Å². The summed E-state index contributed by atoms with van der Waals surface area (Å²) in [5, 5.41) is 0. The molecule has 0 atom stereocenters. The van der Waals surface area contributed by atoms with Gasteiger partial charge in [-0.15, -0.1) is 0 Å². The quantitative estimate of drug-likeness (QED) is 0.485. The third-order valence-electron chi connectivity index (χ3n) is 1.06. The van der Waals surface area contributed by atoms with E-state index in [4.69, 9.17) is 0 Å². The van der Waals surface area contributed by atoms with E-state index in [2.05, 4.69) is 0 Å². The van der Waals surface area contributed by atoms with Crippen molar-refractivity contribution in [3.63, 3.8) is 0 Å². The molecule has 0 aromatic heterocycles. The van der Waals surface area contributed by atoms with Gasteiger partial charge in [0, 0.05) is 0 Å². The van der Waals surface area contributed by atoms with Crippen LogP contribution in [0.1, 0.15) is 19.3 Å². The van der Waals surface area contributed by atoms with Crippen molar-refractivity contribution < 1.29 is 4.79 Å². The summed E-state index contributed by atoms with van der Waals surface area (Å²) < 4.78 is 0.604. The third kappa shape index (κ3) is 3.84. The topological polar surface area (TPSA) is 17.1 Å². The molecule has 0 unspecified atom stereocenters. The fourth-order valence-electron chi connectivity index (χ4n) is 0.588. The van der Waals surface area contributed by atoms with E-state index >= 15 is 0 Å².